The number of benzene rings is 2. The summed E-state index contributed by atoms with van der Waals surface area (Å²) in [6, 6.07) is 9.76. The van der Waals surface area contributed by atoms with Crippen LogP contribution in [0.2, 0.25) is 0 Å². The topological polar surface area (TPSA) is 93.6 Å². The highest BCUT2D eigenvalue weighted by molar-refractivity contribution is 6.05. The Hall–Kier alpha value is -3.48. The molecule has 0 unspecified atom stereocenters. The van der Waals surface area contributed by atoms with Gasteiger partial charge in [0.15, 0.2) is 17.1 Å². The quantitative estimate of drug-likeness (QED) is 0.673. The van der Waals surface area contributed by atoms with E-state index < -0.39 is 5.76 Å². The minimum atomic E-state index is -0.543. The number of rotatable bonds is 6. The van der Waals surface area contributed by atoms with Crippen LogP contribution in [0.15, 0.2) is 58.3 Å². The van der Waals surface area contributed by atoms with E-state index in [1.54, 1.807) is 42.5 Å². The number of aromatic nitrogens is 1. The third-order valence-electron chi connectivity index (χ3n) is 3.46. The lowest BCUT2D eigenvalue weighted by atomic mass is 10.1. The normalized spacial score (nSPS) is 10.4. The zero-order valence-electron chi connectivity index (χ0n) is 13.5. The van der Waals surface area contributed by atoms with E-state index in [2.05, 4.69) is 16.9 Å². The van der Waals surface area contributed by atoms with Gasteiger partial charge in [-0.15, -0.1) is 0 Å². The molecular formula is C18H16N2O5. The Bertz CT molecular complexity index is 987. The molecule has 1 amide bonds. The van der Waals surface area contributed by atoms with Gasteiger partial charge in [-0.2, -0.15) is 0 Å². The minimum Gasteiger partial charge on any atom is -0.493 e. The molecule has 7 heteroatoms. The molecule has 128 valence electrons. The highest BCUT2D eigenvalue weighted by Gasteiger charge is 2.12. The molecule has 0 fully saturated rings. The number of amides is 1. The first-order chi connectivity index (χ1) is 12.1. The van der Waals surface area contributed by atoms with Crippen LogP contribution in [0.3, 0.4) is 0 Å². The van der Waals surface area contributed by atoms with Crippen LogP contribution in [-0.4, -0.2) is 24.6 Å². The van der Waals surface area contributed by atoms with Crippen LogP contribution in [0.1, 0.15) is 10.4 Å². The van der Waals surface area contributed by atoms with E-state index in [9.17, 15) is 9.59 Å². The van der Waals surface area contributed by atoms with Gasteiger partial charge in [0.2, 0.25) is 0 Å². The molecule has 2 N–H and O–H groups in total. The minimum absolute atomic E-state index is 0.321. The molecule has 3 rings (SSSR count). The van der Waals surface area contributed by atoms with Crippen LogP contribution >= 0.6 is 0 Å². The Morgan fingerprint density at radius 3 is 2.88 bits per heavy atom. The smallest absolute Gasteiger partial charge is 0.417 e. The van der Waals surface area contributed by atoms with E-state index in [-0.39, 0.29) is 5.91 Å². The average molecular weight is 340 g/mol. The lowest BCUT2D eigenvalue weighted by Gasteiger charge is -2.11. The predicted molar refractivity (Wildman–Crippen MR) is 93.5 cm³/mol. The van der Waals surface area contributed by atoms with E-state index in [1.165, 1.54) is 7.11 Å². The van der Waals surface area contributed by atoms with Crippen molar-refractivity contribution in [2.24, 2.45) is 0 Å². The lowest BCUT2D eigenvalue weighted by molar-refractivity contribution is 0.102. The second kappa shape index (κ2) is 6.96. The molecule has 3 aromatic rings. The van der Waals surface area contributed by atoms with Crippen molar-refractivity contribution in [3.05, 3.63) is 65.2 Å². The number of nitrogens with one attached hydrogen (secondary N) is 2. The SMILES string of the molecule is C=CCOc1ccc(C(=O)Nc2ccc3oc(=O)[nH]c3c2)cc1OC. The summed E-state index contributed by atoms with van der Waals surface area (Å²) in [7, 11) is 1.50. The second-order valence-electron chi connectivity index (χ2n) is 5.14. The Labute approximate surface area is 142 Å². The molecule has 0 aliphatic heterocycles. The lowest BCUT2D eigenvalue weighted by Crippen LogP contribution is -2.12. The zero-order chi connectivity index (χ0) is 17.8. The fourth-order valence-corrected chi connectivity index (χ4v) is 2.31. The monoisotopic (exact) mass is 340 g/mol. The molecule has 0 bridgehead atoms. The molecule has 0 saturated carbocycles. The summed E-state index contributed by atoms with van der Waals surface area (Å²) >= 11 is 0. The fraction of sp³-hybridized carbons (Fsp3) is 0.111. The summed E-state index contributed by atoms with van der Waals surface area (Å²) in [5.74, 6) is 0.109. The molecule has 1 heterocycles. The number of hydrogen-bond acceptors (Lipinski definition) is 5. The summed E-state index contributed by atoms with van der Waals surface area (Å²) in [5.41, 5.74) is 1.87. The predicted octanol–water partition coefficient (Wildman–Crippen LogP) is 2.95. The molecule has 0 spiro atoms. The summed E-state index contributed by atoms with van der Waals surface area (Å²) < 4.78 is 15.6. The molecule has 0 aliphatic rings. The Kier molecular flexibility index (Phi) is 4.56. The zero-order valence-corrected chi connectivity index (χ0v) is 13.5. The van der Waals surface area contributed by atoms with Gasteiger partial charge in [-0.25, -0.2) is 4.79 Å². The maximum Gasteiger partial charge on any atom is 0.417 e. The first kappa shape index (κ1) is 16.4. The molecule has 2 aromatic carbocycles. The number of anilines is 1. The van der Waals surface area contributed by atoms with Gasteiger partial charge in [0, 0.05) is 11.3 Å². The van der Waals surface area contributed by atoms with Crippen molar-refractivity contribution in [1.29, 1.82) is 0 Å². The standard InChI is InChI=1S/C18H16N2O5/c1-3-8-24-15-6-4-11(9-16(15)23-2)17(21)19-12-5-7-14-13(10-12)20-18(22)25-14/h3-7,9-10H,1,8H2,2H3,(H,19,21)(H,20,22). The van der Waals surface area contributed by atoms with Crippen molar-refractivity contribution in [2.45, 2.75) is 0 Å². The molecule has 1 aromatic heterocycles. The van der Waals surface area contributed by atoms with Crippen molar-refractivity contribution in [3.63, 3.8) is 0 Å². The van der Waals surface area contributed by atoms with E-state index in [0.717, 1.165) is 0 Å². The van der Waals surface area contributed by atoms with Gasteiger partial charge in [-0.05, 0) is 36.4 Å². The maximum atomic E-state index is 12.4. The number of carbonyl (C=O) groups is 1. The molecule has 25 heavy (non-hydrogen) atoms. The number of H-pyrrole nitrogens is 1. The molecule has 7 nitrogen and oxygen atoms in total. The summed E-state index contributed by atoms with van der Waals surface area (Å²) in [4.78, 5) is 26.1. The van der Waals surface area contributed by atoms with E-state index in [4.69, 9.17) is 13.9 Å². The van der Waals surface area contributed by atoms with Gasteiger partial charge < -0.3 is 19.2 Å². The highest BCUT2D eigenvalue weighted by Crippen LogP contribution is 2.28. The van der Waals surface area contributed by atoms with Gasteiger partial charge in [-0.1, -0.05) is 12.7 Å². The van der Waals surface area contributed by atoms with Crippen molar-refractivity contribution in [3.8, 4) is 11.5 Å². The number of carbonyl (C=O) groups excluding carboxylic acids is 1. The van der Waals surface area contributed by atoms with Crippen molar-refractivity contribution >= 4 is 22.7 Å². The summed E-state index contributed by atoms with van der Waals surface area (Å²) in [6.45, 7) is 3.93. The van der Waals surface area contributed by atoms with Gasteiger partial charge in [0.25, 0.3) is 5.91 Å². The van der Waals surface area contributed by atoms with Gasteiger partial charge in [-0.3, -0.25) is 9.78 Å². The van der Waals surface area contributed by atoms with Crippen LogP contribution in [0.4, 0.5) is 5.69 Å². The highest BCUT2D eigenvalue weighted by atomic mass is 16.5. The van der Waals surface area contributed by atoms with Crippen molar-refractivity contribution in [1.82, 2.24) is 4.98 Å². The number of oxazole rings is 1. The fourth-order valence-electron chi connectivity index (χ4n) is 2.31. The van der Waals surface area contributed by atoms with Crippen LogP contribution in [0, 0.1) is 0 Å². The molecule has 0 saturated heterocycles. The maximum absolute atomic E-state index is 12.4. The molecular weight excluding hydrogens is 324 g/mol. The van der Waals surface area contributed by atoms with Crippen LogP contribution in [-0.2, 0) is 0 Å². The molecule has 0 aliphatic carbocycles. The van der Waals surface area contributed by atoms with Gasteiger partial charge in [0.05, 0.1) is 12.6 Å². The number of fused-ring (bicyclic) bond motifs is 1. The number of hydrogen-bond donors (Lipinski definition) is 2. The first-order valence-corrected chi connectivity index (χ1v) is 7.46. The first-order valence-electron chi connectivity index (χ1n) is 7.46. The molecule has 0 atom stereocenters. The van der Waals surface area contributed by atoms with E-state index in [1.807, 2.05) is 0 Å². The van der Waals surface area contributed by atoms with Crippen LogP contribution in [0.25, 0.3) is 11.1 Å². The number of aromatic amines is 1. The second-order valence-corrected chi connectivity index (χ2v) is 5.14. The third kappa shape index (κ3) is 3.55. The Balaban J connectivity index is 1.81. The molecule has 0 radical (unpaired) electrons. The Morgan fingerprint density at radius 2 is 2.12 bits per heavy atom. The van der Waals surface area contributed by atoms with E-state index >= 15 is 0 Å². The Morgan fingerprint density at radius 1 is 1.28 bits per heavy atom. The number of methoxy groups -OCH3 is 1. The van der Waals surface area contributed by atoms with Crippen LogP contribution in [0.5, 0.6) is 11.5 Å². The van der Waals surface area contributed by atoms with Gasteiger partial charge in [0.1, 0.15) is 6.61 Å². The van der Waals surface area contributed by atoms with Crippen molar-refractivity contribution in [2.75, 3.05) is 19.0 Å². The van der Waals surface area contributed by atoms with Crippen molar-refractivity contribution < 1.29 is 18.7 Å². The van der Waals surface area contributed by atoms with Gasteiger partial charge >= 0.3 is 5.76 Å². The van der Waals surface area contributed by atoms with E-state index in [0.29, 0.717) is 40.5 Å². The van der Waals surface area contributed by atoms with Crippen LogP contribution < -0.4 is 20.5 Å². The summed E-state index contributed by atoms with van der Waals surface area (Å²) in [6.07, 6.45) is 1.62. The third-order valence-corrected chi connectivity index (χ3v) is 3.46. The number of ether oxygens (including phenoxy) is 2. The average Bonchev–Trinajstić information content (AvgIpc) is 2.99. The summed E-state index contributed by atoms with van der Waals surface area (Å²) in [5, 5.41) is 2.76. The largest absolute Gasteiger partial charge is 0.493 e.